The number of hydrogen-bond donors (Lipinski definition) is 4. The highest BCUT2D eigenvalue weighted by Gasteiger charge is 2.24. The van der Waals surface area contributed by atoms with Crippen molar-refractivity contribution < 1.29 is 4.79 Å². The molecule has 1 aliphatic carbocycles. The molecule has 3 aromatic rings. The summed E-state index contributed by atoms with van der Waals surface area (Å²) in [6, 6.07) is 12.2. The van der Waals surface area contributed by atoms with Gasteiger partial charge >= 0.3 is 0 Å². The Hall–Kier alpha value is -3.13. The van der Waals surface area contributed by atoms with Crippen LogP contribution in [0.2, 0.25) is 0 Å². The van der Waals surface area contributed by atoms with Gasteiger partial charge in [-0.1, -0.05) is 18.2 Å². The Kier molecular flexibility index (Phi) is 5.85. The number of hydrogen-bond acceptors (Lipinski definition) is 6. The van der Waals surface area contributed by atoms with Gasteiger partial charge in [0, 0.05) is 29.9 Å². The second-order valence-corrected chi connectivity index (χ2v) is 8.16. The standard InChI is InChI=1S/C22H29N7O/c1-14(23)8-9-15(2)25-20-12-18(26-17-10-11-17)21-24-13-19(29(21)28-20)22(30)27-16-6-4-3-5-7-16/h3-7,12-15,17,26H,8-11,23H2,1-2H3,(H,25,28)(H,27,30)/t14-,15-/m0/s1. The molecule has 8 heteroatoms. The highest BCUT2D eigenvalue weighted by Crippen LogP contribution is 2.29. The molecule has 2 atom stereocenters. The van der Waals surface area contributed by atoms with Gasteiger partial charge in [0.25, 0.3) is 5.91 Å². The molecule has 0 aliphatic heterocycles. The molecule has 0 bridgehead atoms. The van der Waals surface area contributed by atoms with Crippen molar-refractivity contribution in [2.45, 2.75) is 57.7 Å². The van der Waals surface area contributed by atoms with Gasteiger partial charge in [-0.25, -0.2) is 9.50 Å². The zero-order valence-electron chi connectivity index (χ0n) is 17.4. The third-order valence-corrected chi connectivity index (χ3v) is 5.12. The van der Waals surface area contributed by atoms with E-state index in [9.17, 15) is 4.79 Å². The summed E-state index contributed by atoms with van der Waals surface area (Å²) in [5.74, 6) is 0.454. The Bertz CT molecular complexity index is 1010. The number of amides is 1. The molecule has 0 unspecified atom stereocenters. The Labute approximate surface area is 176 Å². The molecule has 0 radical (unpaired) electrons. The molecular formula is C22H29N7O. The topological polar surface area (TPSA) is 109 Å². The van der Waals surface area contributed by atoms with Crippen LogP contribution in [-0.4, -0.2) is 38.6 Å². The number of carbonyl (C=O) groups is 1. The lowest BCUT2D eigenvalue weighted by atomic mass is 10.1. The largest absolute Gasteiger partial charge is 0.379 e. The van der Waals surface area contributed by atoms with Crippen LogP contribution in [0.5, 0.6) is 0 Å². The lowest BCUT2D eigenvalue weighted by molar-refractivity contribution is 0.102. The SMILES string of the molecule is C[C@H](N)CC[C@H](C)Nc1cc(NC2CC2)c2ncc(C(=O)Nc3ccccc3)n2n1. The molecule has 2 aromatic heterocycles. The van der Waals surface area contributed by atoms with Crippen LogP contribution in [0, 0.1) is 0 Å². The smallest absolute Gasteiger partial charge is 0.276 e. The van der Waals surface area contributed by atoms with Crippen molar-refractivity contribution in [2.24, 2.45) is 5.73 Å². The zero-order valence-corrected chi connectivity index (χ0v) is 17.4. The van der Waals surface area contributed by atoms with E-state index in [4.69, 9.17) is 5.73 Å². The number of fused-ring (bicyclic) bond motifs is 1. The highest BCUT2D eigenvalue weighted by molar-refractivity contribution is 6.03. The molecule has 158 valence electrons. The van der Waals surface area contributed by atoms with Crippen molar-refractivity contribution in [1.82, 2.24) is 14.6 Å². The third-order valence-electron chi connectivity index (χ3n) is 5.12. The summed E-state index contributed by atoms with van der Waals surface area (Å²) in [5, 5.41) is 14.5. The van der Waals surface area contributed by atoms with Gasteiger partial charge in [0.2, 0.25) is 0 Å². The van der Waals surface area contributed by atoms with Gasteiger partial charge in [-0.15, -0.1) is 5.10 Å². The fourth-order valence-corrected chi connectivity index (χ4v) is 3.30. The molecule has 0 spiro atoms. The number of imidazole rings is 1. The summed E-state index contributed by atoms with van der Waals surface area (Å²) >= 11 is 0. The minimum absolute atomic E-state index is 0.165. The predicted octanol–water partition coefficient (Wildman–Crippen LogP) is 3.48. The summed E-state index contributed by atoms with van der Waals surface area (Å²) in [6.07, 6.45) is 5.73. The number of rotatable bonds is 9. The number of benzene rings is 1. The Morgan fingerprint density at radius 2 is 2.00 bits per heavy atom. The van der Waals surface area contributed by atoms with E-state index in [1.165, 1.54) is 0 Å². The number of nitrogens with one attached hydrogen (secondary N) is 3. The maximum absolute atomic E-state index is 12.9. The summed E-state index contributed by atoms with van der Waals surface area (Å²) in [5.41, 5.74) is 8.53. The summed E-state index contributed by atoms with van der Waals surface area (Å²) in [7, 11) is 0. The van der Waals surface area contributed by atoms with Gasteiger partial charge in [-0.2, -0.15) is 0 Å². The Morgan fingerprint density at radius 3 is 2.70 bits per heavy atom. The second-order valence-electron chi connectivity index (χ2n) is 8.16. The average molecular weight is 408 g/mol. The molecule has 1 amide bonds. The number of para-hydroxylation sites is 1. The average Bonchev–Trinajstić information content (AvgIpc) is 3.42. The van der Waals surface area contributed by atoms with Crippen molar-refractivity contribution in [2.75, 3.05) is 16.0 Å². The molecule has 8 nitrogen and oxygen atoms in total. The fourth-order valence-electron chi connectivity index (χ4n) is 3.30. The fraction of sp³-hybridized carbons (Fsp3) is 0.409. The highest BCUT2D eigenvalue weighted by atomic mass is 16.2. The number of carbonyl (C=O) groups excluding carboxylic acids is 1. The van der Waals surface area contributed by atoms with E-state index in [0.29, 0.717) is 23.2 Å². The Morgan fingerprint density at radius 1 is 1.23 bits per heavy atom. The number of aromatic nitrogens is 3. The van der Waals surface area contributed by atoms with Crippen LogP contribution in [0.15, 0.2) is 42.6 Å². The molecule has 1 aromatic carbocycles. The minimum Gasteiger partial charge on any atom is -0.379 e. The van der Waals surface area contributed by atoms with Crippen molar-refractivity contribution in [3.8, 4) is 0 Å². The van der Waals surface area contributed by atoms with Crippen molar-refractivity contribution >= 4 is 28.7 Å². The maximum atomic E-state index is 12.9. The van der Waals surface area contributed by atoms with E-state index in [0.717, 1.165) is 37.1 Å². The molecule has 5 N–H and O–H groups in total. The van der Waals surface area contributed by atoms with E-state index >= 15 is 0 Å². The number of nitrogens with two attached hydrogens (primary N) is 1. The van der Waals surface area contributed by atoms with Crippen molar-refractivity contribution in [3.05, 3.63) is 48.3 Å². The van der Waals surface area contributed by atoms with Gasteiger partial charge in [0.15, 0.2) is 11.3 Å². The van der Waals surface area contributed by atoms with Crippen LogP contribution in [-0.2, 0) is 0 Å². The second kappa shape index (κ2) is 8.71. The molecule has 1 fully saturated rings. The first-order chi connectivity index (χ1) is 14.5. The third kappa shape index (κ3) is 4.88. The van der Waals surface area contributed by atoms with E-state index in [1.54, 1.807) is 10.7 Å². The first kappa shape index (κ1) is 20.2. The van der Waals surface area contributed by atoms with E-state index in [2.05, 4.69) is 33.0 Å². The summed E-state index contributed by atoms with van der Waals surface area (Å²) in [4.78, 5) is 17.4. The van der Waals surface area contributed by atoms with Crippen LogP contribution in [0.25, 0.3) is 5.65 Å². The monoisotopic (exact) mass is 407 g/mol. The van der Waals surface area contributed by atoms with Gasteiger partial charge in [-0.3, -0.25) is 4.79 Å². The molecular weight excluding hydrogens is 378 g/mol. The van der Waals surface area contributed by atoms with Crippen LogP contribution < -0.4 is 21.7 Å². The zero-order chi connectivity index (χ0) is 21.1. The lowest BCUT2D eigenvalue weighted by Gasteiger charge is -2.17. The molecule has 30 heavy (non-hydrogen) atoms. The van der Waals surface area contributed by atoms with Crippen LogP contribution in [0.1, 0.15) is 50.0 Å². The van der Waals surface area contributed by atoms with Gasteiger partial charge < -0.3 is 21.7 Å². The quantitative estimate of drug-likeness (QED) is 0.432. The lowest BCUT2D eigenvalue weighted by Crippen LogP contribution is -2.23. The van der Waals surface area contributed by atoms with Gasteiger partial charge in [-0.05, 0) is 51.7 Å². The van der Waals surface area contributed by atoms with Crippen LogP contribution in [0.3, 0.4) is 0 Å². The number of nitrogens with zero attached hydrogens (tertiary/aromatic N) is 3. The summed E-state index contributed by atoms with van der Waals surface area (Å²) < 4.78 is 1.61. The van der Waals surface area contributed by atoms with E-state index in [1.807, 2.05) is 43.3 Å². The van der Waals surface area contributed by atoms with Crippen LogP contribution >= 0.6 is 0 Å². The first-order valence-electron chi connectivity index (χ1n) is 10.5. The molecule has 1 aliphatic rings. The van der Waals surface area contributed by atoms with Crippen molar-refractivity contribution in [3.63, 3.8) is 0 Å². The van der Waals surface area contributed by atoms with E-state index in [-0.39, 0.29) is 18.0 Å². The Balaban J connectivity index is 1.62. The maximum Gasteiger partial charge on any atom is 0.276 e. The van der Waals surface area contributed by atoms with Crippen LogP contribution in [0.4, 0.5) is 17.2 Å². The predicted molar refractivity (Wildman–Crippen MR) is 120 cm³/mol. The molecule has 4 rings (SSSR count). The van der Waals surface area contributed by atoms with Crippen molar-refractivity contribution in [1.29, 1.82) is 0 Å². The normalized spacial score (nSPS) is 15.6. The molecule has 1 saturated carbocycles. The molecule has 2 heterocycles. The van der Waals surface area contributed by atoms with Gasteiger partial charge in [0.1, 0.15) is 5.82 Å². The van der Waals surface area contributed by atoms with E-state index < -0.39 is 0 Å². The van der Waals surface area contributed by atoms with Gasteiger partial charge in [0.05, 0.1) is 11.9 Å². The summed E-state index contributed by atoms with van der Waals surface area (Å²) in [6.45, 7) is 4.12. The first-order valence-corrected chi connectivity index (χ1v) is 10.5. The molecule has 0 saturated heterocycles. The number of anilines is 3. The minimum atomic E-state index is -0.249.